The molecule has 1 unspecified atom stereocenters. The minimum atomic E-state index is -0.250. The molecule has 0 bridgehead atoms. The average molecular weight is 202 g/mol. The van der Waals surface area contributed by atoms with Crippen LogP contribution >= 0.6 is 0 Å². The molecule has 0 rings (SSSR count). The fourth-order valence-electron chi connectivity index (χ4n) is 1.12. The molecule has 0 aromatic heterocycles. The Hall–Kier alpha value is -0.830. The van der Waals surface area contributed by atoms with E-state index in [1.165, 1.54) is 18.4 Å². The van der Waals surface area contributed by atoms with E-state index < -0.39 is 0 Å². The van der Waals surface area contributed by atoms with Crippen molar-refractivity contribution < 1.29 is 15.0 Å². The van der Waals surface area contributed by atoms with Crippen molar-refractivity contribution in [3.8, 4) is 0 Å². The van der Waals surface area contributed by atoms with E-state index in [0.29, 0.717) is 12.5 Å². The second-order valence-electron chi connectivity index (χ2n) is 3.57. The van der Waals surface area contributed by atoms with Crippen LogP contribution in [0, 0.1) is 5.92 Å². The van der Waals surface area contributed by atoms with Crippen molar-refractivity contribution in [1.29, 1.82) is 0 Å². The second kappa shape index (κ2) is 12.2. The number of aliphatic hydroxyl groups excluding tert-OH is 1. The molecule has 0 saturated carbocycles. The maximum absolute atomic E-state index is 8.63. The van der Waals surface area contributed by atoms with Crippen molar-refractivity contribution in [3.05, 3.63) is 12.2 Å². The summed E-state index contributed by atoms with van der Waals surface area (Å²) >= 11 is 0. The highest BCUT2D eigenvalue weighted by molar-refractivity contribution is 5.32. The number of carbonyl (C=O) groups is 1. The highest BCUT2D eigenvalue weighted by atomic mass is 16.3. The smallest absolute Gasteiger partial charge is 0.290 e. The first-order valence-corrected chi connectivity index (χ1v) is 4.91. The number of carboxylic acid groups (broad SMARTS) is 1. The van der Waals surface area contributed by atoms with E-state index in [2.05, 4.69) is 20.4 Å². The molecule has 14 heavy (non-hydrogen) atoms. The lowest BCUT2D eigenvalue weighted by atomic mass is 10.00. The Morgan fingerprint density at radius 2 is 2.00 bits per heavy atom. The summed E-state index contributed by atoms with van der Waals surface area (Å²) in [6.07, 6.45) is 4.51. The van der Waals surface area contributed by atoms with Crippen LogP contribution in [-0.2, 0) is 4.79 Å². The van der Waals surface area contributed by atoms with Gasteiger partial charge in [-0.25, -0.2) is 0 Å². The molecule has 0 heterocycles. The van der Waals surface area contributed by atoms with Gasteiger partial charge in [0.15, 0.2) is 0 Å². The molecule has 1 atom stereocenters. The minimum absolute atomic E-state index is 0.250. The van der Waals surface area contributed by atoms with Crippen LogP contribution in [0.2, 0.25) is 0 Å². The lowest BCUT2D eigenvalue weighted by Crippen LogP contribution is -1.97. The largest absolute Gasteiger partial charge is 0.483 e. The monoisotopic (exact) mass is 202 g/mol. The predicted octanol–water partition coefficient (Wildman–Crippen LogP) is 2.45. The summed E-state index contributed by atoms with van der Waals surface area (Å²) in [4.78, 5) is 8.36. The highest BCUT2D eigenvalue weighted by Gasteiger charge is 1.99. The van der Waals surface area contributed by atoms with Crippen molar-refractivity contribution >= 4 is 6.47 Å². The molecule has 0 saturated heterocycles. The molecule has 0 aliphatic carbocycles. The van der Waals surface area contributed by atoms with Crippen LogP contribution in [0.3, 0.4) is 0 Å². The molecule has 3 nitrogen and oxygen atoms in total. The van der Waals surface area contributed by atoms with Gasteiger partial charge in [-0.05, 0) is 32.1 Å². The van der Waals surface area contributed by atoms with Gasteiger partial charge in [0.05, 0.1) is 0 Å². The van der Waals surface area contributed by atoms with Crippen molar-refractivity contribution in [1.82, 2.24) is 0 Å². The molecule has 0 radical (unpaired) electrons. The zero-order valence-electron chi connectivity index (χ0n) is 9.20. The van der Waals surface area contributed by atoms with Gasteiger partial charge >= 0.3 is 0 Å². The zero-order chi connectivity index (χ0) is 11.4. The van der Waals surface area contributed by atoms with Gasteiger partial charge in [-0.15, -0.1) is 6.58 Å². The minimum Gasteiger partial charge on any atom is -0.483 e. The van der Waals surface area contributed by atoms with Gasteiger partial charge in [0, 0.05) is 6.61 Å². The maximum Gasteiger partial charge on any atom is 0.290 e. The molecule has 0 aliphatic rings. The standard InChI is InChI=1S/C10H20O.CH2O2/c1-9(2)5-4-6-10(3)7-8-11;2-1-3/h10-11H,1,4-8H2,2-3H3;1H,(H,2,3). The fraction of sp³-hybridized carbons (Fsp3) is 0.727. The molecule has 0 fully saturated rings. The third kappa shape index (κ3) is 17.3. The Labute approximate surface area is 86.5 Å². The van der Waals surface area contributed by atoms with E-state index in [1.54, 1.807) is 0 Å². The SMILES string of the molecule is C=C(C)CCCC(C)CCO.O=CO. The Morgan fingerprint density at radius 3 is 2.36 bits per heavy atom. The number of allylic oxidation sites excluding steroid dienone is 1. The molecule has 2 N–H and O–H groups in total. The Morgan fingerprint density at radius 1 is 1.50 bits per heavy atom. The van der Waals surface area contributed by atoms with Crippen LogP contribution in [0.25, 0.3) is 0 Å². The van der Waals surface area contributed by atoms with Gasteiger partial charge in [0.25, 0.3) is 6.47 Å². The average Bonchev–Trinajstić information content (AvgIpc) is 2.05. The van der Waals surface area contributed by atoms with Crippen molar-refractivity contribution in [2.45, 2.75) is 39.5 Å². The van der Waals surface area contributed by atoms with Gasteiger partial charge in [-0.3, -0.25) is 4.79 Å². The van der Waals surface area contributed by atoms with Crippen LogP contribution < -0.4 is 0 Å². The quantitative estimate of drug-likeness (QED) is 0.514. The summed E-state index contributed by atoms with van der Waals surface area (Å²) in [6.45, 7) is 8.18. The van der Waals surface area contributed by atoms with Gasteiger partial charge in [0.1, 0.15) is 0 Å². The summed E-state index contributed by atoms with van der Waals surface area (Å²) in [5, 5.41) is 15.5. The molecular weight excluding hydrogens is 180 g/mol. The molecule has 3 heteroatoms. The second-order valence-corrected chi connectivity index (χ2v) is 3.57. The Kier molecular flexibility index (Phi) is 13.6. The summed E-state index contributed by atoms with van der Waals surface area (Å²) < 4.78 is 0. The molecule has 0 amide bonds. The molecule has 0 aromatic carbocycles. The molecule has 0 spiro atoms. The van der Waals surface area contributed by atoms with Crippen LogP contribution in [0.1, 0.15) is 39.5 Å². The van der Waals surface area contributed by atoms with Crippen molar-refractivity contribution in [2.24, 2.45) is 5.92 Å². The van der Waals surface area contributed by atoms with E-state index >= 15 is 0 Å². The number of aliphatic hydroxyl groups is 1. The Bertz CT molecular complexity index is 143. The molecule has 0 aromatic rings. The van der Waals surface area contributed by atoms with Crippen molar-refractivity contribution in [2.75, 3.05) is 6.61 Å². The maximum atomic E-state index is 8.63. The third-order valence-corrected chi connectivity index (χ3v) is 1.92. The summed E-state index contributed by atoms with van der Waals surface area (Å²) in [7, 11) is 0. The number of rotatable bonds is 6. The van der Waals surface area contributed by atoms with E-state index in [1.807, 2.05) is 0 Å². The molecule has 84 valence electrons. The van der Waals surface area contributed by atoms with Crippen LogP contribution in [0.15, 0.2) is 12.2 Å². The lowest BCUT2D eigenvalue weighted by molar-refractivity contribution is -0.122. The number of hydrogen-bond donors (Lipinski definition) is 2. The molecular formula is C11H22O3. The normalized spacial score (nSPS) is 11.1. The third-order valence-electron chi connectivity index (χ3n) is 1.92. The van der Waals surface area contributed by atoms with Gasteiger partial charge in [0.2, 0.25) is 0 Å². The van der Waals surface area contributed by atoms with Crippen LogP contribution in [-0.4, -0.2) is 23.3 Å². The topological polar surface area (TPSA) is 57.5 Å². The first-order valence-electron chi connectivity index (χ1n) is 4.91. The van der Waals surface area contributed by atoms with E-state index in [-0.39, 0.29) is 6.47 Å². The molecule has 0 aliphatic heterocycles. The van der Waals surface area contributed by atoms with Gasteiger partial charge in [-0.2, -0.15) is 0 Å². The zero-order valence-corrected chi connectivity index (χ0v) is 9.20. The Balaban J connectivity index is 0. The first kappa shape index (κ1) is 15.6. The summed E-state index contributed by atoms with van der Waals surface area (Å²) in [5.41, 5.74) is 1.26. The van der Waals surface area contributed by atoms with Crippen molar-refractivity contribution in [3.63, 3.8) is 0 Å². The van der Waals surface area contributed by atoms with Crippen LogP contribution in [0.5, 0.6) is 0 Å². The lowest BCUT2D eigenvalue weighted by Gasteiger charge is -2.08. The summed E-state index contributed by atoms with van der Waals surface area (Å²) in [5.74, 6) is 0.666. The number of hydrogen-bond acceptors (Lipinski definition) is 2. The van der Waals surface area contributed by atoms with E-state index in [0.717, 1.165) is 12.8 Å². The highest BCUT2D eigenvalue weighted by Crippen LogP contribution is 2.13. The van der Waals surface area contributed by atoms with E-state index in [4.69, 9.17) is 15.0 Å². The fourth-order valence-corrected chi connectivity index (χ4v) is 1.12. The first-order chi connectivity index (χ1) is 6.58. The van der Waals surface area contributed by atoms with Gasteiger partial charge < -0.3 is 10.2 Å². The van der Waals surface area contributed by atoms with E-state index in [9.17, 15) is 0 Å². The van der Waals surface area contributed by atoms with Gasteiger partial charge in [-0.1, -0.05) is 18.9 Å². The summed E-state index contributed by atoms with van der Waals surface area (Å²) in [6, 6.07) is 0. The van der Waals surface area contributed by atoms with Crippen LogP contribution in [0.4, 0.5) is 0 Å². The predicted molar refractivity (Wildman–Crippen MR) is 58.2 cm³/mol.